The van der Waals surface area contributed by atoms with Gasteiger partial charge in [-0.1, -0.05) is 12.9 Å². The van der Waals surface area contributed by atoms with E-state index in [0.29, 0.717) is 19.5 Å². The average Bonchev–Trinajstić information content (AvgIpc) is 3.10. The number of hydrogen-bond donors (Lipinski definition) is 0. The molecule has 1 aromatic heterocycles. The van der Waals surface area contributed by atoms with Crippen molar-refractivity contribution in [2.24, 2.45) is 0 Å². The molecule has 2 aromatic carbocycles. The summed E-state index contributed by atoms with van der Waals surface area (Å²) in [5.74, 6) is 1.58. The maximum Gasteiger partial charge on any atom is 0.118 e. The van der Waals surface area contributed by atoms with Gasteiger partial charge in [0.2, 0.25) is 0 Å². The van der Waals surface area contributed by atoms with Crippen LogP contribution in [0.3, 0.4) is 0 Å². The van der Waals surface area contributed by atoms with Gasteiger partial charge in [0.1, 0.15) is 11.5 Å². The third-order valence-electron chi connectivity index (χ3n) is 4.09. The molecule has 3 nitrogen and oxygen atoms in total. The molecule has 3 rings (SSSR count). The summed E-state index contributed by atoms with van der Waals surface area (Å²) in [5.41, 5.74) is 2.27. The Labute approximate surface area is 170 Å². The Bertz CT molecular complexity index is 908. The lowest BCUT2D eigenvalue weighted by Crippen LogP contribution is -2.18. The van der Waals surface area contributed by atoms with Gasteiger partial charge in [-0.15, -0.1) is 11.3 Å². The molecule has 0 atom stereocenters. The largest absolute Gasteiger partial charge is 0.497 e. The lowest BCUT2D eigenvalue weighted by atomic mass is 9.96. The first-order valence-electron chi connectivity index (χ1n) is 8.75. The average molecular weight is 395 g/mol. The third kappa shape index (κ3) is 4.82. The molecule has 1 heterocycles. The summed E-state index contributed by atoms with van der Waals surface area (Å²) in [6.07, 6.45) is 0.542. The van der Waals surface area contributed by atoms with Gasteiger partial charge in [-0.2, -0.15) is 0 Å². The summed E-state index contributed by atoms with van der Waals surface area (Å²) < 4.78 is 14.3. The highest BCUT2D eigenvalue weighted by molar-refractivity contribution is 8.00. The van der Waals surface area contributed by atoms with E-state index in [-0.39, 0.29) is 0 Å². The van der Waals surface area contributed by atoms with Gasteiger partial charge in [0, 0.05) is 15.3 Å². The molecule has 138 valence electrons. The Morgan fingerprint density at radius 3 is 2.67 bits per heavy atom. The molecule has 0 saturated heterocycles. The van der Waals surface area contributed by atoms with Crippen LogP contribution in [0.5, 0.6) is 5.75 Å². The molecule has 0 fully saturated rings. The summed E-state index contributed by atoms with van der Waals surface area (Å²) in [4.78, 5) is 1.12. The summed E-state index contributed by atoms with van der Waals surface area (Å²) >= 11 is 3.38. The van der Waals surface area contributed by atoms with Crippen LogP contribution in [-0.4, -0.2) is 28.1 Å². The SMILES string of the molecule is [B]Cc1csc2ccc(N(CC(=C)OCC)Sc3ccc(OC)cc3)cc12. The van der Waals surface area contributed by atoms with Crippen molar-refractivity contribution < 1.29 is 9.47 Å². The smallest absolute Gasteiger partial charge is 0.118 e. The molecule has 0 aliphatic heterocycles. The minimum atomic E-state index is 0.542. The molecule has 0 aliphatic rings. The van der Waals surface area contributed by atoms with Crippen molar-refractivity contribution >= 4 is 46.9 Å². The topological polar surface area (TPSA) is 21.7 Å². The molecule has 0 aliphatic carbocycles. The number of thiophene rings is 1. The Morgan fingerprint density at radius 1 is 1.22 bits per heavy atom. The van der Waals surface area contributed by atoms with Crippen LogP contribution < -0.4 is 9.04 Å². The Balaban J connectivity index is 1.91. The highest BCUT2D eigenvalue weighted by atomic mass is 32.2. The first-order chi connectivity index (χ1) is 13.1. The van der Waals surface area contributed by atoms with Crippen LogP contribution in [0, 0.1) is 0 Å². The maximum atomic E-state index is 5.90. The van der Waals surface area contributed by atoms with Crippen molar-refractivity contribution in [2.75, 3.05) is 24.6 Å². The molecule has 0 bridgehead atoms. The van der Waals surface area contributed by atoms with E-state index in [0.717, 1.165) is 22.1 Å². The molecule has 6 heteroatoms. The zero-order valence-corrected chi connectivity index (χ0v) is 17.2. The number of ether oxygens (including phenoxy) is 2. The van der Waals surface area contributed by atoms with Crippen molar-refractivity contribution in [3.63, 3.8) is 0 Å². The predicted molar refractivity (Wildman–Crippen MR) is 118 cm³/mol. The third-order valence-corrected chi connectivity index (χ3v) is 6.14. The van der Waals surface area contributed by atoms with Crippen molar-refractivity contribution in [2.45, 2.75) is 18.1 Å². The zero-order valence-electron chi connectivity index (χ0n) is 15.6. The Hall–Kier alpha value is -2.05. The first-order valence-corrected chi connectivity index (χ1v) is 10.4. The zero-order chi connectivity index (χ0) is 19.2. The van der Waals surface area contributed by atoms with Gasteiger partial charge in [0.25, 0.3) is 0 Å². The van der Waals surface area contributed by atoms with Crippen molar-refractivity contribution in [1.29, 1.82) is 0 Å². The summed E-state index contributed by atoms with van der Waals surface area (Å²) in [5, 5.41) is 3.34. The van der Waals surface area contributed by atoms with Gasteiger partial charge in [-0.3, -0.25) is 0 Å². The van der Waals surface area contributed by atoms with E-state index in [1.807, 2.05) is 31.2 Å². The van der Waals surface area contributed by atoms with E-state index >= 15 is 0 Å². The maximum absolute atomic E-state index is 5.90. The van der Waals surface area contributed by atoms with Crippen molar-refractivity contribution in [3.05, 3.63) is 65.7 Å². The number of methoxy groups -OCH3 is 1. The predicted octanol–water partition coefficient (Wildman–Crippen LogP) is 5.64. The molecule has 0 amide bonds. The molecule has 0 saturated carbocycles. The lowest BCUT2D eigenvalue weighted by molar-refractivity contribution is 0.229. The second-order valence-corrected chi connectivity index (χ2v) is 7.93. The first kappa shape index (κ1) is 19.7. The summed E-state index contributed by atoms with van der Waals surface area (Å²) in [7, 11) is 7.57. The van der Waals surface area contributed by atoms with E-state index in [4.69, 9.17) is 17.3 Å². The fourth-order valence-electron chi connectivity index (χ4n) is 2.73. The minimum Gasteiger partial charge on any atom is -0.497 e. The second kappa shape index (κ2) is 9.24. The lowest BCUT2D eigenvalue weighted by Gasteiger charge is -2.24. The number of rotatable bonds is 9. The Morgan fingerprint density at radius 2 is 2.00 bits per heavy atom. The van der Waals surface area contributed by atoms with Gasteiger partial charge >= 0.3 is 0 Å². The van der Waals surface area contributed by atoms with E-state index in [9.17, 15) is 0 Å². The van der Waals surface area contributed by atoms with Gasteiger partial charge in [0.15, 0.2) is 0 Å². The van der Waals surface area contributed by atoms with E-state index in [1.54, 1.807) is 30.4 Å². The highest BCUT2D eigenvalue weighted by Crippen LogP contribution is 2.35. The van der Waals surface area contributed by atoms with Crippen LogP contribution in [0.15, 0.2) is 65.1 Å². The normalized spacial score (nSPS) is 10.7. The monoisotopic (exact) mass is 395 g/mol. The molecule has 0 N–H and O–H groups in total. The highest BCUT2D eigenvalue weighted by Gasteiger charge is 2.13. The second-order valence-electron chi connectivity index (χ2n) is 5.92. The fourth-order valence-corrected chi connectivity index (χ4v) is 4.63. The quantitative estimate of drug-likeness (QED) is 0.265. The van der Waals surface area contributed by atoms with Crippen molar-refractivity contribution in [3.8, 4) is 5.75 Å². The van der Waals surface area contributed by atoms with E-state index < -0.39 is 0 Å². The van der Waals surface area contributed by atoms with Crippen LogP contribution in [0.1, 0.15) is 12.5 Å². The molecule has 0 unspecified atom stereocenters. The number of anilines is 1. The van der Waals surface area contributed by atoms with Crippen LogP contribution in [-0.2, 0) is 11.1 Å². The number of benzene rings is 2. The van der Waals surface area contributed by atoms with E-state index in [2.05, 4.69) is 34.5 Å². The van der Waals surface area contributed by atoms with Crippen LogP contribution in [0.4, 0.5) is 5.69 Å². The fraction of sp³-hybridized carbons (Fsp3) is 0.238. The number of hydrogen-bond acceptors (Lipinski definition) is 5. The minimum absolute atomic E-state index is 0.542. The van der Waals surface area contributed by atoms with Gasteiger partial charge < -0.3 is 13.8 Å². The summed E-state index contributed by atoms with van der Waals surface area (Å²) in [6.45, 7) is 7.23. The summed E-state index contributed by atoms with van der Waals surface area (Å²) in [6, 6.07) is 14.5. The van der Waals surface area contributed by atoms with Crippen LogP contribution in [0.25, 0.3) is 10.1 Å². The van der Waals surface area contributed by atoms with Crippen LogP contribution in [0.2, 0.25) is 0 Å². The number of nitrogens with zero attached hydrogens (tertiary/aromatic N) is 1. The molecule has 27 heavy (non-hydrogen) atoms. The molecule has 2 radical (unpaired) electrons. The van der Waals surface area contributed by atoms with Gasteiger partial charge in [-0.05, 0) is 77.7 Å². The van der Waals surface area contributed by atoms with Crippen molar-refractivity contribution in [1.82, 2.24) is 0 Å². The van der Waals surface area contributed by atoms with E-state index in [1.165, 1.54) is 15.6 Å². The van der Waals surface area contributed by atoms with Gasteiger partial charge in [0.05, 0.1) is 28.1 Å². The number of fused-ring (bicyclic) bond motifs is 1. The molecular weight excluding hydrogens is 373 g/mol. The standard InChI is InChI=1S/C21H22BNO2S2/c1-4-25-15(2)13-23(27-19-8-6-18(24-3)7-9-19)17-5-10-21-20(11-17)16(12-22)14-26-21/h5-11,14H,2,4,12-13H2,1,3H3. The van der Waals surface area contributed by atoms with Crippen LogP contribution >= 0.6 is 23.3 Å². The van der Waals surface area contributed by atoms with Gasteiger partial charge in [-0.25, -0.2) is 0 Å². The molecule has 3 aromatic rings. The molecule has 0 spiro atoms. The molecular formula is C21H22BNO2S2. The Kier molecular flexibility index (Phi) is 6.75.